The molecule has 74 valence electrons. The zero-order chi connectivity index (χ0) is 10.1. The molecular weight excluding hydrogens is 172 g/mol. The number of rotatable bonds is 1. The predicted octanol–water partition coefficient (Wildman–Crippen LogP) is 2.97. The van der Waals surface area contributed by atoms with Gasteiger partial charge in [0, 0.05) is 17.4 Å². The fraction of sp³-hybridized carbons (Fsp3) is 0.583. The number of nitrogens with zero attached hydrogens (tertiary/aromatic N) is 2. The Labute approximate surface area is 85.2 Å². The predicted molar refractivity (Wildman–Crippen MR) is 55.9 cm³/mol. The van der Waals surface area contributed by atoms with E-state index in [0.717, 1.165) is 12.8 Å². The van der Waals surface area contributed by atoms with E-state index in [-0.39, 0.29) is 5.92 Å². The van der Waals surface area contributed by atoms with Crippen LogP contribution in [0, 0.1) is 31.1 Å². The van der Waals surface area contributed by atoms with E-state index in [1.807, 2.05) is 0 Å². The minimum atomic E-state index is 0.222. The number of hydrogen-bond acceptors (Lipinski definition) is 1. The first-order chi connectivity index (χ1) is 6.74. The standard InChI is InChI=1S/C12H16N2/c1-9-6-7-10(2)14(9)12-5-3-4-11(12)8-13/h6-7,11-12H,3-5H2,1-2H3. The monoisotopic (exact) mass is 188 g/mol. The van der Waals surface area contributed by atoms with Crippen LogP contribution in [0.5, 0.6) is 0 Å². The molecule has 1 heterocycles. The molecule has 0 bridgehead atoms. The number of nitriles is 1. The Morgan fingerprint density at radius 2 is 1.93 bits per heavy atom. The Balaban J connectivity index is 2.35. The summed E-state index contributed by atoms with van der Waals surface area (Å²) in [5.41, 5.74) is 2.57. The largest absolute Gasteiger partial charge is 0.345 e. The molecular formula is C12H16N2. The highest BCUT2D eigenvalue weighted by molar-refractivity contribution is 5.17. The lowest BCUT2D eigenvalue weighted by atomic mass is 10.1. The van der Waals surface area contributed by atoms with Crippen LogP contribution in [-0.4, -0.2) is 4.57 Å². The fourth-order valence-corrected chi connectivity index (χ4v) is 2.60. The van der Waals surface area contributed by atoms with E-state index in [2.05, 4.69) is 36.6 Å². The van der Waals surface area contributed by atoms with E-state index >= 15 is 0 Å². The molecule has 14 heavy (non-hydrogen) atoms. The molecule has 0 aliphatic heterocycles. The Bertz CT molecular complexity index is 351. The first-order valence-corrected chi connectivity index (χ1v) is 5.28. The van der Waals surface area contributed by atoms with Crippen LogP contribution in [0.3, 0.4) is 0 Å². The fourth-order valence-electron chi connectivity index (χ4n) is 2.60. The van der Waals surface area contributed by atoms with Crippen molar-refractivity contribution >= 4 is 0 Å². The van der Waals surface area contributed by atoms with Crippen molar-refractivity contribution in [2.45, 2.75) is 39.2 Å². The molecule has 2 heteroatoms. The van der Waals surface area contributed by atoms with E-state index in [4.69, 9.17) is 5.26 Å². The summed E-state index contributed by atoms with van der Waals surface area (Å²) in [7, 11) is 0. The van der Waals surface area contributed by atoms with Gasteiger partial charge in [-0.1, -0.05) is 0 Å². The van der Waals surface area contributed by atoms with Gasteiger partial charge in [0.15, 0.2) is 0 Å². The van der Waals surface area contributed by atoms with Crippen molar-refractivity contribution in [1.82, 2.24) is 4.57 Å². The summed E-state index contributed by atoms with van der Waals surface area (Å²) in [5, 5.41) is 9.05. The van der Waals surface area contributed by atoms with Crippen molar-refractivity contribution in [3.8, 4) is 6.07 Å². The maximum absolute atomic E-state index is 9.05. The van der Waals surface area contributed by atoms with Crippen LogP contribution in [0.2, 0.25) is 0 Å². The number of aromatic nitrogens is 1. The Hall–Kier alpha value is -1.23. The molecule has 2 unspecified atom stereocenters. The van der Waals surface area contributed by atoms with Crippen molar-refractivity contribution < 1.29 is 0 Å². The Kier molecular flexibility index (Phi) is 2.33. The van der Waals surface area contributed by atoms with Gasteiger partial charge in [0.25, 0.3) is 0 Å². The molecule has 0 aromatic carbocycles. The van der Waals surface area contributed by atoms with Crippen molar-refractivity contribution in [3.63, 3.8) is 0 Å². The maximum atomic E-state index is 9.05. The van der Waals surface area contributed by atoms with Gasteiger partial charge in [-0.15, -0.1) is 0 Å². The zero-order valence-electron chi connectivity index (χ0n) is 8.83. The van der Waals surface area contributed by atoms with Gasteiger partial charge in [-0.2, -0.15) is 5.26 Å². The Morgan fingerprint density at radius 1 is 1.29 bits per heavy atom. The normalized spacial score (nSPS) is 26.4. The molecule has 1 aromatic rings. The van der Waals surface area contributed by atoms with Crippen LogP contribution >= 0.6 is 0 Å². The smallest absolute Gasteiger partial charge is 0.0677 e. The molecule has 0 amide bonds. The molecule has 0 spiro atoms. The highest BCUT2D eigenvalue weighted by Gasteiger charge is 2.29. The van der Waals surface area contributed by atoms with Crippen LogP contribution in [-0.2, 0) is 0 Å². The second kappa shape index (κ2) is 3.49. The molecule has 1 aromatic heterocycles. The van der Waals surface area contributed by atoms with Gasteiger partial charge in [-0.3, -0.25) is 0 Å². The summed E-state index contributed by atoms with van der Waals surface area (Å²) in [5.74, 6) is 0.222. The third kappa shape index (κ3) is 1.33. The SMILES string of the molecule is Cc1ccc(C)n1C1CCCC1C#N. The molecule has 1 saturated carbocycles. The maximum Gasteiger partial charge on any atom is 0.0677 e. The summed E-state index contributed by atoms with van der Waals surface area (Å²) in [6.07, 6.45) is 3.42. The van der Waals surface area contributed by atoms with Crippen LogP contribution < -0.4 is 0 Å². The second-order valence-corrected chi connectivity index (χ2v) is 4.22. The summed E-state index contributed by atoms with van der Waals surface area (Å²) in [6, 6.07) is 7.14. The number of aryl methyl sites for hydroxylation is 2. The van der Waals surface area contributed by atoms with E-state index in [0.29, 0.717) is 6.04 Å². The lowest BCUT2D eigenvalue weighted by Gasteiger charge is -2.20. The first kappa shape index (κ1) is 9.33. The van der Waals surface area contributed by atoms with Crippen molar-refractivity contribution in [1.29, 1.82) is 5.26 Å². The first-order valence-electron chi connectivity index (χ1n) is 5.28. The summed E-state index contributed by atoms with van der Waals surface area (Å²) >= 11 is 0. The molecule has 2 rings (SSSR count). The molecule has 2 nitrogen and oxygen atoms in total. The van der Waals surface area contributed by atoms with Crippen molar-refractivity contribution in [2.24, 2.45) is 5.92 Å². The topological polar surface area (TPSA) is 28.7 Å². The van der Waals surface area contributed by atoms with Crippen LogP contribution in [0.25, 0.3) is 0 Å². The van der Waals surface area contributed by atoms with Crippen molar-refractivity contribution in [3.05, 3.63) is 23.5 Å². The van der Waals surface area contributed by atoms with Crippen LogP contribution in [0.15, 0.2) is 12.1 Å². The molecule has 1 aliphatic rings. The Morgan fingerprint density at radius 3 is 2.50 bits per heavy atom. The van der Waals surface area contributed by atoms with Crippen LogP contribution in [0.4, 0.5) is 0 Å². The van der Waals surface area contributed by atoms with Gasteiger partial charge in [0.2, 0.25) is 0 Å². The van der Waals surface area contributed by atoms with Gasteiger partial charge in [0.05, 0.1) is 12.0 Å². The summed E-state index contributed by atoms with van der Waals surface area (Å²) in [6.45, 7) is 4.25. The van der Waals surface area contributed by atoms with E-state index in [1.54, 1.807) is 0 Å². The number of hydrogen-bond donors (Lipinski definition) is 0. The quantitative estimate of drug-likeness (QED) is 0.666. The lowest BCUT2D eigenvalue weighted by molar-refractivity contribution is 0.436. The average Bonchev–Trinajstić information content (AvgIpc) is 2.73. The molecule has 2 atom stereocenters. The van der Waals surface area contributed by atoms with Gasteiger partial charge < -0.3 is 4.57 Å². The molecule has 0 saturated heterocycles. The third-order valence-electron chi connectivity index (χ3n) is 3.30. The van der Waals surface area contributed by atoms with Crippen molar-refractivity contribution in [2.75, 3.05) is 0 Å². The highest BCUT2D eigenvalue weighted by Crippen LogP contribution is 2.37. The summed E-state index contributed by atoms with van der Waals surface area (Å²) in [4.78, 5) is 0. The highest BCUT2D eigenvalue weighted by atomic mass is 15.0. The summed E-state index contributed by atoms with van der Waals surface area (Å²) < 4.78 is 2.33. The van der Waals surface area contributed by atoms with Gasteiger partial charge >= 0.3 is 0 Å². The van der Waals surface area contributed by atoms with E-state index in [9.17, 15) is 0 Å². The molecule has 1 fully saturated rings. The van der Waals surface area contributed by atoms with E-state index in [1.165, 1.54) is 17.8 Å². The average molecular weight is 188 g/mol. The molecule has 0 radical (unpaired) electrons. The minimum Gasteiger partial charge on any atom is -0.345 e. The molecule has 1 aliphatic carbocycles. The molecule has 0 N–H and O–H groups in total. The van der Waals surface area contributed by atoms with Gasteiger partial charge in [-0.05, 0) is 45.2 Å². The van der Waals surface area contributed by atoms with Gasteiger partial charge in [0.1, 0.15) is 0 Å². The van der Waals surface area contributed by atoms with E-state index < -0.39 is 0 Å². The zero-order valence-corrected chi connectivity index (χ0v) is 8.83. The van der Waals surface area contributed by atoms with Gasteiger partial charge in [-0.25, -0.2) is 0 Å². The lowest BCUT2D eigenvalue weighted by Crippen LogP contribution is -2.15. The van der Waals surface area contributed by atoms with Crippen LogP contribution in [0.1, 0.15) is 36.7 Å². The second-order valence-electron chi connectivity index (χ2n) is 4.22. The minimum absolute atomic E-state index is 0.222. The third-order valence-corrected chi connectivity index (χ3v) is 3.30.